The quantitative estimate of drug-likeness (QED) is 0.345. The number of likely N-dealkylation sites (N-methyl/N-ethyl adjacent to an activating group) is 1. The fourth-order valence-corrected chi connectivity index (χ4v) is 5.40. The molecule has 0 saturated heterocycles. The second kappa shape index (κ2) is 8.81. The number of carbonyl (C=O) groups excluding carboxylic acids is 2. The van der Waals surface area contributed by atoms with Crippen LogP contribution in [0.5, 0.6) is 5.75 Å². The van der Waals surface area contributed by atoms with Gasteiger partial charge in [-0.2, -0.15) is 0 Å². The van der Waals surface area contributed by atoms with Gasteiger partial charge in [0.15, 0.2) is 12.4 Å². The van der Waals surface area contributed by atoms with Crippen LogP contribution in [0.4, 0.5) is 5.69 Å². The van der Waals surface area contributed by atoms with Crippen LogP contribution in [-0.4, -0.2) is 34.9 Å². The summed E-state index contributed by atoms with van der Waals surface area (Å²) in [6.45, 7) is 1.87. The third-order valence-electron chi connectivity index (χ3n) is 5.89. The molecular weight excluding hydrogens is 518 g/mol. The summed E-state index contributed by atoms with van der Waals surface area (Å²) in [6.07, 6.45) is 2.20. The van der Waals surface area contributed by atoms with Gasteiger partial charge in [0.25, 0.3) is 11.5 Å². The third-order valence-corrected chi connectivity index (χ3v) is 7.66. The van der Waals surface area contributed by atoms with E-state index in [4.69, 9.17) is 4.74 Å². The lowest BCUT2D eigenvalue weighted by molar-refractivity contribution is -0.120. The van der Waals surface area contributed by atoms with Gasteiger partial charge >= 0.3 is 0 Å². The highest BCUT2D eigenvalue weighted by Gasteiger charge is 2.24. The molecule has 0 atom stereocenters. The van der Waals surface area contributed by atoms with Gasteiger partial charge in [-0.1, -0.05) is 35.0 Å². The first kappa shape index (κ1) is 22.5. The number of ketones is 1. The molecule has 172 valence electrons. The fourth-order valence-electron chi connectivity index (χ4n) is 4.05. The highest BCUT2D eigenvalue weighted by atomic mass is 79.9. The number of fused-ring (bicyclic) bond motifs is 2. The number of aryl methyl sites for hydroxylation is 1. The number of benzene rings is 2. The average molecular weight is 538 g/mol. The molecule has 0 N–H and O–H groups in total. The maximum Gasteiger partial charge on any atom is 0.264 e. The summed E-state index contributed by atoms with van der Waals surface area (Å²) >= 11 is 4.96. The fraction of sp³-hybridized carbons (Fsp3) is 0.200. The van der Waals surface area contributed by atoms with E-state index in [9.17, 15) is 14.4 Å². The van der Waals surface area contributed by atoms with Gasteiger partial charge in [-0.15, -0.1) is 11.3 Å². The third kappa shape index (κ3) is 3.84. The minimum Gasteiger partial charge on any atom is -0.482 e. The van der Waals surface area contributed by atoms with Gasteiger partial charge < -0.3 is 9.64 Å². The standard InChI is InChI=1S/C25H20BrN3O4S/c1-3-20-22(14-4-7-16(26)8-5-14)23-24(34-20)27-13-29(25(23)32)11-18(30)15-6-9-19-17(10-15)28(2)21(31)12-33-19/h4-10,13H,3,11-12H2,1-2H3. The first-order valence-corrected chi connectivity index (χ1v) is 12.3. The van der Waals surface area contributed by atoms with E-state index in [-0.39, 0.29) is 30.4 Å². The molecule has 0 aliphatic carbocycles. The first-order valence-electron chi connectivity index (χ1n) is 10.7. The van der Waals surface area contributed by atoms with Crippen LogP contribution in [-0.2, 0) is 17.8 Å². The monoisotopic (exact) mass is 537 g/mol. The number of anilines is 1. The lowest BCUT2D eigenvalue weighted by Gasteiger charge is -2.26. The largest absolute Gasteiger partial charge is 0.482 e. The van der Waals surface area contributed by atoms with E-state index in [0.29, 0.717) is 27.2 Å². The number of ether oxygens (including phenoxy) is 1. The zero-order valence-electron chi connectivity index (χ0n) is 18.5. The van der Waals surface area contributed by atoms with Crippen molar-refractivity contribution in [3.05, 3.63) is 74.1 Å². The van der Waals surface area contributed by atoms with Crippen molar-refractivity contribution in [3.63, 3.8) is 0 Å². The summed E-state index contributed by atoms with van der Waals surface area (Å²) in [4.78, 5) is 46.3. The van der Waals surface area contributed by atoms with E-state index in [0.717, 1.165) is 26.9 Å². The summed E-state index contributed by atoms with van der Waals surface area (Å²) in [5, 5.41) is 0.531. The lowest BCUT2D eigenvalue weighted by atomic mass is 10.0. The van der Waals surface area contributed by atoms with Gasteiger partial charge in [0.05, 0.1) is 23.9 Å². The van der Waals surface area contributed by atoms with Crippen LogP contribution in [0.15, 0.2) is 58.1 Å². The predicted molar refractivity (Wildman–Crippen MR) is 136 cm³/mol. The number of amides is 1. The molecule has 34 heavy (non-hydrogen) atoms. The molecule has 1 amide bonds. The van der Waals surface area contributed by atoms with Crippen molar-refractivity contribution in [2.24, 2.45) is 0 Å². The molecular formula is C25H20BrN3O4S. The van der Waals surface area contributed by atoms with Gasteiger partial charge in [0.2, 0.25) is 0 Å². The Labute approximate surface area is 207 Å². The Kier molecular flexibility index (Phi) is 5.83. The number of rotatable bonds is 5. The summed E-state index contributed by atoms with van der Waals surface area (Å²) in [6, 6.07) is 12.8. The van der Waals surface area contributed by atoms with Crippen LogP contribution >= 0.6 is 27.3 Å². The molecule has 4 aromatic rings. The van der Waals surface area contributed by atoms with Gasteiger partial charge in [-0.3, -0.25) is 19.0 Å². The lowest BCUT2D eigenvalue weighted by Crippen LogP contribution is -2.35. The van der Waals surface area contributed by atoms with Crippen molar-refractivity contribution in [1.82, 2.24) is 9.55 Å². The van der Waals surface area contributed by atoms with E-state index in [2.05, 4.69) is 27.8 Å². The summed E-state index contributed by atoms with van der Waals surface area (Å²) in [5.74, 6) is 0.102. The molecule has 1 aliphatic rings. The number of halogens is 1. The van der Waals surface area contributed by atoms with Crippen molar-refractivity contribution < 1.29 is 14.3 Å². The van der Waals surface area contributed by atoms with Crippen LogP contribution in [0.25, 0.3) is 21.3 Å². The zero-order chi connectivity index (χ0) is 24.0. The predicted octanol–water partition coefficient (Wildman–Crippen LogP) is 4.69. The number of Topliss-reactive ketones (excluding diaryl/α,β-unsaturated/α-hetero) is 1. The van der Waals surface area contributed by atoms with E-state index < -0.39 is 0 Å². The van der Waals surface area contributed by atoms with Crippen molar-refractivity contribution in [2.45, 2.75) is 19.9 Å². The zero-order valence-corrected chi connectivity index (χ0v) is 20.9. The molecule has 1 aliphatic heterocycles. The summed E-state index contributed by atoms with van der Waals surface area (Å²) < 4.78 is 7.74. The SMILES string of the molecule is CCc1sc2ncn(CC(=O)c3ccc4c(c3)N(C)C(=O)CO4)c(=O)c2c1-c1ccc(Br)cc1. The Morgan fingerprint density at radius 3 is 2.68 bits per heavy atom. The van der Waals surface area contributed by atoms with Crippen LogP contribution in [0.2, 0.25) is 0 Å². The number of hydrogen-bond acceptors (Lipinski definition) is 6. The number of hydrogen-bond donors (Lipinski definition) is 0. The number of thiophene rings is 1. The molecule has 3 heterocycles. The van der Waals surface area contributed by atoms with Gasteiger partial charge in [-0.25, -0.2) is 4.98 Å². The molecule has 0 unspecified atom stereocenters. The minimum atomic E-state index is -0.256. The minimum absolute atomic E-state index is 0.0288. The molecule has 5 rings (SSSR count). The maximum atomic E-state index is 13.5. The molecule has 2 aromatic heterocycles. The van der Waals surface area contributed by atoms with Gasteiger partial charge in [0, 0.05) is 27.5 Å². The molecule has 0 fully saturated rings. The Hall–Kier alpha value is -3.30. The topological polar surface area (TPSA) is 81.5 Å². The second-order valence-electron chi connectivity index (χ2n) is 7.97. The highest BCUT2D eigenvalue weighted by Crippen LogP contribution is 2.37. The summed E-state index contributed by atoms with van der Waals surface area (Å²) in [7, 11) is 1.64. The Morgan fingerprint density at radius 1 is 1.18 bits per heavy atom. The number of aromatic nitrogens is 2. The second-order valence-corrected chi connectivity index (χ2v) is 9.96. The van der Waals surface area contributed by atoms with Gasteiger partial charge in [-0.05, 0) is 42.3 Å². The van der Waals surface area contributed by atoms with Crippen LogP contribution < -0.4 is 15.2 Å². The Morgan fingerprint density at radius 2 is 1.94 bits per heavy atom. The normalized spacial score (nSPS) is 13.1. The van der Waals surface area contributed by atoms with E-state index in [1.54, 1.807) is 25.2 Å². The van der Waals surface area contributed by atoms with E-state index in [1.807, 2.05) is 24.3 Å². The number of nitrogens with zero attached hydrogens (tertiary/aromatic N) is 3. The van der Waals surface area contributed by atoms with Crippen LogP contribution in [0.3, 0.4) is 0 Å². The van der Waals surface area contributed by atoms with Crippen molar-refractivity contribution in [2.75, 3.05) is 18.6 Å². The molecule has 0 radical (unpaired) electrons. The summed E-state index contributed by atoms with van der Waals surface area (Å²) in [5.41, 5.74) is 2.49. The molecule has 2 aromatic carbocycles. The maximum absolute atomic E-state index is 13.5. The van der Waals surface area contributed by atoms with Crippen molar-refractivity contribution in [1.29, 1.82) is 0 Å². The van der Waals surface area contributed by atoms with E-state index in [1.165, 1.54) is 27.1 Å². The molecule has 0 spiro atoms. The number of carbonyl (C=O) groups is 2. The molecule has 0 bridgehead atoms. The van der Waals surface area contributed by atoms with Crippen molar-refractivity contribution in [3.8, 4) is 16.9 Å². The highest BCUT2D eigenvalue weighted by molar-refractivity contribution is 9.10. The molecule has 7 nitrogen and oxygen atoms in total. The van der Waals surface area contributed by atoms with Gasteiger partial charge in [0.1, 0.15) is 10.6 Å². The Balaban J connectivity index is 1.54. The van der Waals surface area contributed by atoms with Crippen LogP contribution in [0, 0.1) is 0 Å². The Bertz CT molecular complexity index is 1510. The smallest absolute Gasteiger partial charge is 0.264 e. The molecule has 9 heteroatoms. The first-order chi connectivity index (χ1) is 16.4. The average Bonchev–Trinajstić information content (AvgIpc) is 3.23. The molecule has 0 saturated carbocycles. The van der Waals surface area contributed by atoms with E-state index >= 15 is 0 Å². The van der Waals surface area contributed by atoms with Crippen LogP contribution in [0.1, 0.15) is 22.2 Å². The van der Waals surface area contributed by atoms with Crippen molar-refractivity contribution >= 4 is 54.9 Å².